The minimum atomic E-state index is 0.262. The van der Waals surface area contributed by atoms with Crippen LogP contribution in [0, 0.1) is 0 Å². The first kappa shape index (κ1) is 15.5. The summed E-state index contributed by atoms with van der Waals surface area (Å²) < 4.78 is 29.6. The van der Waals surface area contributed by atoms with Gasteiger partial charge in [0.1, 0.15) is 12.6 Å². The molecule has 0 aromatic heterocycles. The lowest BCUT2D eigenvalue weighted by Gasteiger charge is -2.49. The molecule has 2 atom stereocenters. The highest BCUT2D eigenvalue weighted by molar-refractivity contribution is 5.62. The van der Waals surface area contributed by atoms with Gasteiger partial charge in [0.25, 0.3) is 0 Å². The summed E-state index contributed by atoms with van der Waals surface area (Å²) in [6.07, 6.45) is 1.95. The average Bonchev–Trinajstić information content (AvgIpc) is 3.33. The molecule has 0 spiro atoms. The number of rotatable bonds is 1. The first-order chi connectivity index (χ1) is 13.2. The lowest BCUT2D eigenvalue weighted by molar-refractivity contribution is -0.956. The molecule has 6 rings (SSSR count). The van der Waals surface area contributed by atoms with Crippen molar-refractivity contribution >= 4 is 0 Å². The van der Waals surface area contributed by atoms with Gasteiger partial charge in [-0.3, -0.25) is 0 Å². The zero-order valence-electron chi connectivity index (χ0n) is 15.5. The maximum atomic E-state index is 5.85. The van der Waals surface area contributed by atoms with E-state index in [1.807, 2.05) is 6.07 Å². The molecule has 0 radical (unpaired) electrons. The van der Waals surface area contributed by atoms with Gasteiger partial charge < -0.3 is 28.2 Å². The number of quaternary nitrogens is 1. The number of hydrogen-bond donors (Lipinski definition) is 0. The Morgan fingerprint density at radius 2 is 1.81 bits per heavy atom. The summed E-state index contributed by atoms with van der Waals surface area (Å²) in [5, 5.41) is 0. The summed E-state index contributed by atoms with van der Waals surface area (Å²) in [7, 11) is 4.07. The van der Waals surface area contributed by atoms with Gasteiger partial charge in [-0.2, -0.15) is 0 Å². The van der Waals surface area contributed by atoms with Gasteiger partial charge in [0, 0.05) is 12.8 Å². The summed E-state index contributed by atoms with van der Waals surface area (Å²) in [6.45, 7) is 2.59. The molecule has 140 valence electrons. The molecule has 0 bridgehead atoms. The number of methoxy groups -OCH3 is 1. The zero-order chi connectivity index (χ0) is 18.2. The van der Waals surface area contributed by atoms with Crippen molar-refractivity contribution in [1.29, 1.82) is 0 Å². The molecule has 0 amide bonds. The molecule has 4 aliphatic rings. The van der Waals surface area contributed by atoms with E-state index in [1.54, 1.807) is 7.11 Å². The minimum Gasteiger partial charge on any atom is -0.492 e. The number of fused-ring (bicyclic) bond motifs is 7. The minimum absolute atomic E-state index is 0.262. The fourth-order valence-corrected chi connectivity index (χ4v) is 5.21. The molecule has 0 fully saturated rings. The lowest BCUT2D eigenvalue weighted by Crippen LogP contribution is -2.53. The first-order valence-corrected chi connectivity index (χ1v) is 9.42. The fraction of sp³-hybridized carbons (Fsp3) is 0.429. The number of likely N-dealkylation sites (N-methyl/N-ethyl adjacent to an activating group) is 1. The second-order valence-corrected chi connectivity index (χ2v) is 7.98. The fourth-order valence-electron chi connectivity index (χ4n) is 5.21. The molecule has 0 aliphatic carbocycles. The van der Waals surface area contributed by atoms with Gasteiger partial charge in [-0.05, 0) is 23.3 Å². The molecule has 27 heavy (non-hydrogen) atoms. The Morgan fingerprint density at radius 1 is 1.00 bits per heavy atom. The van der Waals surface area contributed by atoms with E-state index in [0.717, 1.165) is 59.2 Å². The van der Waals surface area contributed by atoms with E-state index in [4.69, 9.17) is 23.7 Å². The van der Waals surface area contributed by atoms with E-state index < -0.39 is 0 Å². The van der Waals surface area contributed by atoms with Crippen LogP contribution in [0.4, 0.5) is 0 Å². The molecule has 2 aromatic rings. The van der Waals surface area contributed by atoms with Gasteiger partial charge in [0.15, 0.2) is 23.0 Å². The van der Waals surface area contributed by atoms with Crippen molar-refractivity contribution in [2.45, 2.75) is 25.4 Å². The van der Waals surface area contributed by atoms with Gasteiger partial charge >= 0.3 is 0 Å². The van der Waals surface area contributed by atoms with E-state index in [2.05, 4.69) is 19.2 Å². The second kappa shape index (κ2) is 5.23. The predicted octanol–water partition coefficient (Wildman–Crippen LogP) is 2.95. The molecule has 6 heteroatoms. The second-order valence-electron chi connectivity index (χ2n) is 7.98. The van der Waals surface area contributed by atoms with Gasteiger partial charge in [-0.1, -0.05) is 6.07 Å². The summed E-state index contributed by atoms with van der Waals surface area (Å²) in [5.41, 5.74) is 5.24. The molecule has 4 heterocycles. The van der Waals surface area contributed by atoms with E-state index in [-0.39, 0.29) is 6.79 Å². The van der Waals surface area contributed by atoms with E-state index in [9.17, 15) is 0 Å². The van der Waals surface area contributed by atoms with Crippen LogP contribution < -0.4 is 23.7 Å². The van der Waals surface area contributed by atoms with Crippen molar-refractivity contribution in [3.8, 4) is 28.7 Å². The molecule has 0 saturated heterocycles. The summed E-state index contributed by atoms with van der Waals surface area (Å²) in [5.74, 6) is 4.21. The smallest absolute Gasteiger partial charge is 0.231 e. The molecule has 0 unspecified atom stereocenters. The van der Waals surface area contributed by atoms with Crippen LogP contribution in [0.3, 0.4) is 0 Å². The van der Waals surface area contributed by atoms with Crippen molar-refractivity contribution < 1.29 is 28.2 Å². The predicted molar refractivity (Wildman–Crippen MR) is 96.6 cm³/mol. The normalized spacial score (nSPS) is 26.2. The quantitative estimate of drug-likeness (QED) is 0.725. The summed E-state index contributed by atoms with van der Waals surface area (Å²) in [6, 6.07) is 6.71. The van der Waals surface area contributed by atoms with Crippen LogP contribution in [-0.4, -0.2) is 38.8 Å². The van der Waals surface area contributed by atoms with Gasteiger partial charge in [0.2, 0.25) is 19.3 Å². The van der Waals surface area contributed by atoms with Crippen molar-refractivity contribution in [3.05, 3.63) is 40.5 Å². The van der Waals surface area contributed by atoms with Gasteiger partial charge in [0.05, 0.1) is 31.8 Å². The van der Waals surface area contributed by atoms with Crippen molar-refractivity contribution in [2.75, 3.05) is 34.3 Å². The third kappa shape index (κ3) is 1.99. The lowest BCUT2D eigenvalue weighted by atomic mass is 9.81. The van der Waals surface area contributed by atoms with Crippen molar-refractivity contribution in [2.24, 2.45) is 0 Å². The summed E-state index contributed by atoms with van der Waals surface area (Å²) >= 11 is 0. The Labute approximate surface area is 157 Å². The topological polar surface area (TPSA) is 46.2 Å². The Morgan fingerprint density at radius 3 is 2.67 bits per heavy atom. The Bertz CT molecular complexity index is 972. The molecule has 0 saturated carbocycles. The Hall–Kier alpha value is -2.60. The molecule has 0 N–H and O–H groups in total. The highest BCUT2D eigenvalue weighted by Crippen LogP contribution is 2.54. The highest BCUT2D eigenvalue weighted by atomic mass is 16.7. The van der Waals surface area contributed by atoms with E-state index >= 15 is 0 Å². The van der Waals surface area contributed by atoms with Gasteiger partial charge in [-0.15, -0.1) is 0 Å². The number of ether oxygens (including phenoxy) is 5. The number of hydrogen-bond acceptors (Lipinski definition) is 5. The van der Waals surface area contributed by atoms with Crippen LogP contribution in [-0.2, 0) is 19.4 Å². The molecule has 4 aliphatic heterocycles. The van der Waals surface area contributed by atoms with Crippen molar-refractivity contribution in [1.82, 2.24) is 0 Å². The summed E-state index contributed by atoms with van der Waals surface area (Å²) in [4.78, 5) is 0. The number of benzene rings is 2. The maximum Gasteiger partial charge on any atom is 0.231 e. The number of nitrogens with zero attached hydrogens (tertiary/aromatic N) is 1. The average molecular weight is 368 g/mol. The monoisotopic (exact) mass is 368 g/mol. The first-order valence-electron chi connectivity index (χ1n) is 9.42. The molecule has 2 aromatic carbocycles. The van der Waals surface area contributed by atoms with E-state index in [0.29, 0.717) is 12.8 Å². The maximum absolute atomic E-state index is 5.85. The van der Waals surface area contributed by atoms with Gasteiger partial charge in [-0.25, -0.2) is 0 Å². The third-order valence-electron chi connectivity index (χ3n) is 6.60. The molecular weight excluding hydrogens is 346 g/mol. The Balaban J connectivity index is 1.53. The van der Waals surface area contributed by atoms with Crippen LogP contribution in [0.15, 0.2) is 18.2 Å². The molecular formula is C21H22NO5+. The van der Waals surface area contributed by atoms with Crippen molar-refractivity contribution in [3.63, 3.8) is 0 Å². The van der Waals surface area contributed by atoms with Crippen LogP contribution in [0.2, 0.25) is 0 Å². The molecule has 6 nitrogen and oxygen atoms in total. The largest absolute Gasteiger partial charge is 0.492 e. The van der Waals surface area contributed by atoms with E-state index in [1.165, 1.54) is 22.3 Å². The van der Waals surface area contributed by atoms with Crippen LogP contribution >= 0.6 is 0 Å². The standard InChI is InChI=1S/C21H22NO5/c1-22-6-5-13-8-17-20(27-11-25-17)21(23-2)18(13)15(22)7-12-3-4-16-19(14(12)9-22)26-10-24-16/h3-4,8,15H,5-7,9-11H2,1-2H3/q+1/t15-,22-/m0/s1. The van der Waals surface area contributed by atoms with Crippen LogP contribution in [0.25, 0.3) is 0 Å². The highest BCUT2D eigenvalue weighted by Gasteiger charge is 2.47. The zero-order valence-corrected chi connectivity index (χ0v) is 15.5. The Kier molecular flexibility index (Phi) is 2.99. The third-order valence-corrected chi connectivity index (χ3v) is 6.60. The SMILES string of the molecule is COc1c2c(cc3c1[C@@H]1Cc4ccc5c(c4C[N@+]1(C)CC3)OCO5)OCO2. The van der Waals surface area contributed by atoms with Crippen LogP contribution in [0.5, 0.6) is 28.7 Å². The van der Waals surface area contributed by atoms with Crippen LogP contribution in [0.1, 0.15) is 28.3 Å².